The van der Waals surface area contributed by atoms with Crippen molar-refractivity contribution in [2.75, 3.05) is 13.6 Å². The van der Waals surface area contributed by atoms with E-state index in [9.17, 15) is 0 Å². The fourth-order valence-corrected chi connectivity index (χ4v) is 0.826. The summed E-state index contributed by atoms with van der Waals surface area (Å²) in [4.78, 5) is 3.09. The van der Waals surface area contributed by atoms with Crippen LogP contribution >= 0.6 is 12.2 Å². The predicted molar refractivity (Wildman–Crippen MR) is 34.4 cm³/mol. The van der Waals surface area contributed by atoms with Crippen LogP contribution in [0.5, 0.6) is 0 Å². The highest BCUT2D eigenvalue weighted by atomic mass is 32.1. The number of thiocarbonyl (C=S) groups is 1. The summed E-state index contributed by atoms with van der Waals surface area (Å²) < 4.78 is 0. The van der Waals surface area contributed by atoms with Gasteiger partial charge in [0.1, 0.15) is 0 Å². The lowest BCUT2D eigenvalue weighted by molar-refractivity contribution is 0.541. The summed E-state index contributed by atoms with van der Waals surface area (Å²) in [6.45, 7) is 0.926. The van der Waals surface area contributed by atoms with Gasteiger partial charge in [-0.3, -0.25) is 0 Å². The molecule has 1 nitrogen and oxygen atoms in total. The van der Waals surface area contributed by atoms with E-state index in [1.54, 1.807) is 0 Å². The first-order valence-corrected chi connectivity index (χ1v) is 2.61. The minimum Gasteiger partial charge on any atom is -0.375 e. The van der Waals surface area contributed by atoms with Crippen molar-refractivity contribution in [3.05, 3.63) is 12.3 Å². The van der Waals surface area contributed by atoms with Crippen LogP contribution in [0.25, 0.3) is 0 Å². The monoisotopic (exact) mass is 113 g/mol. The zero-order valence-electron chi connectivity index (χ0n) is 4.22. The molecule has 1 aliphatic rings. The minimum atomic E-state index is 0.926. The lowest BCUT2D eigenvalue weighted by Crippen LogP contribution is -2.09. The van der Waals surface area contributed by atoms with E-state index in [-0.39, 0.29) is 0 Å². The number of hydrogen-bond acceptors (Lipinski definition) is 2. The highest BCUT2D eigenvalue weighted by Gasteiger charge is 2.00. The van der Waals surface area contributed by atoms with E-state index in [1.807, 2.05) is 19.3 Å². The van der Waals surface area contributed by atoms with E-state index >= 15 is 0 Å². The molecule has 1 heterocycles. The van der Waals surface area contributed by atoms with Crippen LogP contribution in [0.15, 0.2) is 12.3 Å². The molecule has 0 radical (unpaired) electrons. The number of rotatable bonds is 0. The first-order chi connectivity index (χ1) is 3.29. The Bertz CT molecular complexity index is 117. The van der Waals surface area contributed by atoms with Gasteiger partial charge in [-0.1, -0.05) is 12.2 Å². The molecule has 7 heavy (non-hydrogen) atoms. The van der Waals surface area contributed by atoms with Gasteiger partial charge in [-0.05, 0) is 6.08 Å². The van der Waals surface area contributed by atoms with Crippen molar-refractivity contribution < 1.29 is 0 Å². The van der Waals surface area contributed by atoms with Crippen molar-refractivity contribution >= 4 is 17.1 Å². The molecule has 0 saturated heterocycles. The Hall–Kier alpha value is -0.370. The Morgan fingerprint density at radius 1 is 1.86 bits per heavy atom. The summed E-state index contributed by atoms with van der Waals surface area (Å²) in [6.07, 6.45) is 3.94. The van der Waals surface area contributed by atoms with Crippen LogP contribution in [0.1, 0.15) is 0 Å². The van der Waals surface area contributed by atoms with Gasteiger partial charge < -0.3 is 4.90 Å². The molecular formula is C5H7NS. The fourth-order valence-electron chi connectivity index (χ4n) is 0.562. The molecule has 0 aromatic rings. The predicted octanol–water partition coefficient (Wildman–Crippen LogP) is 0.815. The quantitative estimate of drug-likeness (QED) is 0.428. The average molecular weight is 113 g/mol. The minimum absolute atomic E-state index is 0.926. The maximum atomic E-state index is 4.87. The third kappa shape index (κ3) is 0.996. The largest absolute Gasteiger partial charge is 0.375 e. The van der Waals surface area contributed by atoms with Gasteiger partial charge in [-0.25, -0.2) is 0 Å². The molecule has 38 valence electrons. The maximum Gasteiger partial charge on any atom is 0.0523 e. The van der Waals surface area contributed by atoms with Crippen molar-refractivity contribution in [2.45, 2.75) is 0 Å². The van der Waals surface area contributed by atoms with Gasteiger partial charge in [0.2, 0.25) is 0 Å². The van der Waals surface area contributed by atoms with Crippen LogP contribution in [0, 0.1) is 0 Å². The first-order valence-electron chi connectivity index (χ1n) is 2.20. The smallest absolute Gasteiger partial charge is 0.0523 e. The summed E-state index contributed by atoms with van der Waals surface area (Å²) in [5, 5.41) is 0. The molecule has 0 aromatic carbocycles. The fraction of sp³-hybridized carbons (Fsp3) is 0.400. The van der Waals surface area contributed by atoms with Gasteiger partial charge in [0.15, 0.2) is 0 Å². The molecule has 0 unspecified atom stereocenters. The molecule has 1 aliphatic heterocycles. The van der Waals surface area contributed by atoms with Crippen molar-refractivity contribution in [1.29, 1.82) is 0 Å². The van der Waals surface area contributed by atoms with E-state index in [1.165, 1.54) is 0 Å². The van der Waals surface area contributed by atoms with Crippen molar-refractivity contribution in [1.82, 2.24) is 4.90 Å². The Morgan fingerprint density at radius 3 is 2.71 bits per heavy atom. The molecule has 0 N–H and O–H groups in total. The molecule has 0 spiro atoms. The van der Waals surface area contributed by atoms with Crippen LogP contribution in [0.3, 0.4) is 0 Å². The topological polar surface area (TPSA) is 3.24 Å². The molecule has 1 rings (SSSR count). The molecule has 0 bridgehead atoms. The maximum absolute atomic E-state index is 4.87. The van der Waals surface area contributed by atoms with Crippen molar-refractivity contribution in [3.63, 3.8) is 0 Å². The van der Waals surface area contributed by atoms with Crippen molar-refractivity contribution in [3.8, 4) is 0 Å². The van der Waals surface area contributed by atoms with E-state index < -0.39 is 0 Å². The SMILES string of the molecule is CN1C=CC(=S)C1. The standard InChI is InChI=1S/C5H7NS/c1-6-3-2-5(7)4-6/h2-3H,4H2,1H3. The normalized spacial score (nSPS) is 19.0. The third-order valence-corrected chi connectivity index (χ3v) is 1.19. The number of nitrogens with zero attached hydrogens (tertiary/aromatic N) is 1. The van der Waals surface area contributed by atoms with Crippen LogP contribution in [-0.4, -0.2) is 23.4 Å². The summed E-state index contributed by atoms with van der Waals surface area (Å²) in [5.41, 5.74) is 0. The highest BCUT2D eigenvalue weighted by Crippen LogP contribution is 1.96. The number of hydrogen-bond donors (Lipinski definition) is 0. The van der Waals surface area contributed by atoms with Crippen molar-refractivity contribution in [2.24, 2.45) is 0 Å². The lowest BCUT2D eigenvalue weighted by Gasteiger charge is -2.02. The Balaban J connectivity index is 2.58. The van der Waals surface area contributed by atoms with Gasteiger partial charge in [-0.15, -0.1) is 0 Å². The van der Waals surface area contributed by atoms with E-state index in [0.717, 1.165) is 11.4 Å². The average Bonchev–Trinajstić information content (AvgIpc) is 1.87. The Kier molecular flexibility index (Phi) is 1.11. The zero-order valence-corrected chi connectivity index (χ0v) is 5.03. The Labute approximate surface area is 48.6 Å². The second-order valence-corrected chi connectivity index (χ2v) is 2.22. The van der Waals surface area contributed by atoms with E-state index in [4.69, 9.17) is 12.2 Å². The van der Waals surface area contributed by atoms with Crippen LogP contribution in [0.4, 0.5) is 0 Å². The third-order valence-electron chi connectivity index (χ3n) is 0.920. The van der Waals surface area contributed by atoms with Gasteiger partial charge >= 0.3 is 0 Å². The molecule has 0 saturated carbocycles. The van der Waals surface area contributed by atoms with E-state index in [0.29, 0.717) is 0 Å². The first kappa shape index (κ1) is 4.78. The van der Waals surface area contributed by atoms with Gasteiger partial charge in [-0.2, -0.15) is 0 Å². The van der Waals surface area contributed by atoms with Crippen LogP contribution in [-0.2, 0) is 0 Å². The molecule has 0 fully saturated rings. The summed E-state index contributed by atoms with van der Waals surface area (Å²) in [6, 6.07) is 0. The van der Waals surface area contributed by atoms with Gasteiger partial charge in [0, 0.05) is 18.1 Å². The molecule has 0 atom stereocenters. The van der Waals surface area contributed by atoms with Gasteiger partial charge in [0.25, 0.3) is 0 Å². The molecule has 0 amide bonds. The zero-order chi connectivity index (χ0) is 5.28. The van der Waals surface area contributed by atoms with Gasteiger partial charge in [0.05, 0.1) is 6.54 Å². The summed E-state index contributed by atoms with van der Waals surface area (Å²) in [5.74, 6) is 0. The summed E-state index contributed by atoms with van der Waals surface area (Å²) in [7, 11) is 2.01. The van der Waals surface area contributed by atoms with Crippen LogP contribution in [0.2, 0.25) is 0 Å². The second-order valence-electron chi connectivity index (χ2n) is 1.70. The van der Waals surface area contributed by atoms with E-state index in [2.05, 4.69) is 4.90 Å². The molecule has 0 aliphatic carbocycles. The lowest BCUT2D eigenvalue weighted by atomic mass is 10.5. The molecule has 0 aromatic heterocycles. The Morgan fingerprint density at radius 2 is 2.57 bits per heavy atom. The second kappa shape index (κ2) is 1.62. The summed E-state index contributed by atoms with van der Waals surface area (Å²) >= 11 is 4.87. The van der Waals surface area contributed by atoms with Crippen LogP contribution < -0.4 is 0 Å². The molecule has 2 heteroatoms. The molecular weight excluding hydrogens is 106 g/mol. The highest BCUT2D eigenvalue weighted by molar-refractivity contribution is 7.80.